The van der Waals surface area contributed by atoms with Crippen LogP contribution in [0, 0.1) is 10.1 Å². The summed E-state index contributed by atoms with van der Waals surface area (Å²) in [4.78, 5) is 14.5. The first kappa shape index (κ1) is 19.8. The standard InChI is InChI=1S/C18H23N3O4S2/c1-4-15-14-8-10-26-18(14)7-9-20(15)16-6-5-13(11-17(16)21(22)23)27(24,25)19-12(2)3/h5-6,8,10-12,15,19H,4,7,9H2,1-3H3. The van der Waals surface area contributed by atoms with Crippen molar-refractivity contribution in [1.29, 1.82) is 0 Å². The summed E-state index contributed by atoms with van der Waals surface area (Å²) in [7, 11) is -3.79. The molecule has 1 N–H and O–H groups in total. The van der Waals surface area contributed by atoms with Gasteiger partial charge in [0.2, 0.25) is 10.0 Å². The number of nitro benzene ring substituents is 1. The van der Waals surface area contributed by atoms with E-state index in [1.165, 1.54) is 16.5 Å². The molecule has 0 amide bonds. The van der Waals surface area contributed by atoms with E-state index in [0.717, 1.165) is 18.9 Å². The smallest absolute Gasteiger partial charge is 0.293 e. The Labute approximate surface area is 163 Å². The van der Waals surface area contributed by atoms with Gasteiger partial charge < -0.3 is 4.90 Å². The molecule has 0 radical (unpaired) electrons. The minimum atomic E-state index is -3.79. The Morgan fingerprint density at radius 1 is 1.37 bits per heavy atom. The molecule has 3 rings (SSSR count). The highest BCUT2D eigenvalue weighted by Crippen LogP contribution is 2.41. The molecule has 9 heteroatoms. The molecule has 0 fully saturated rings. The highest BCUT2D eigenvalue weighted by Gasteiger charge is 2.32. The van der Waals surface area contributed by atoms with Gasteiger partial charge in [0, 0.05) is 23.5 Å². The monoisotopic (exact) mass is 409 g/mol. The molecule has 7 nitrogen and oxygen atoms in total. The molecular formula is C18H23N3O4S2. The molecule has 146 valence electrons. The number of hydrogen-bond donors (Lipinski definition) is 1. The third-order valence-corrected chi connectivity index (χ3v) is 7.29. The van der Waals surface area contributed by atoms with Gasteiger partial charge >= 0.3 is 0 Å². The number of thiophene rings is 1. The highest BCUT2D eigenvalue weighted by atomic mass is 32.2. The molecule has 1 aromatic carbocycles. The molecule has 1 aliphatic heterocycles. The van der Waals surface area contributed by atoms with Crippen LogP contribution in [0.15, 0.2) is 34.5 Å². The molecule has 0 saturated carbocycles. The summed E-state index contributed by atoms with van der Waals surface area (Å²) < 4.78 is 27.3. The van der Waals surface area contributed by atoms with Gasteiger partial charge in [-0.15, -0.1) is 11.3 Å². The van der Waals surface area contributed by atoms with Gasteiger partial charge in [-0.25, -0.2) is 13.1 Å². The average molecular weight is 410 g/mol. The fourth-order valence-electron chi connectivity index (χ4n) is 3.56. The molecule has 27 heavy (non-hydrogen) atoms. The summed E-state index contributed by atoms with van der Waals surface area (Å²) in [5.74, 6) is 0. The summed E-state index contributed by atoms with van der Waals surface area (Å²) in [6.45, 7) is 6.14. The lowest BCUT2D eigenvalue weighted by atomic mass is 9.97. The molecule has 2 aromatic rings. The van der Waals surface area contributed by atoms with E-state index in [9.17, 15) is 18.5 Å². The van der Waals surface area contributed by atoms with Crippen LogP contribution in [0.5, 0.6) is 0 Å². The number of anilines is 1. The summed E-state index contributed by atoms with van der Waals surface area (Å²) in [5.41, 5.74) is 1.49. The molecule has 0 saturated heterocycles. The molecule has 1 aliphatic rings. The zero-order valence-corrected chi connectivity index (χ0v) is 17.1. The van der Waals surface area contributed by atoms with Crippen LogP contribution in [0.2, 0.25) is 0 Å². The van der Waals surface area contributed by atoms with E-state index in [1.807, 2.05) is 4.90 Å². The zero-order chi connectivity index (χ0) is 19.8. The van der Waals surface area contributed by atoms with Gasteiger partial charge in [0.05, 0.1) is 15.9 Å². The third kappa shape index (κ3) is 3.85. The Kier molecular flexibility index (Phi) is 5.55. The van der Waals surface area contributed by atoms with Gasteiger partial charge in [-0.1, -0.05) is 6.92 Å². The lowest BCUT2D eigenvalue weighted by Crippen LogP contribution is -2.35. The number of rotatable bonds is 6. The second-order valence-corrected chi connectivity index (χ2v) is 9.56. The molecule has 1 atom stereocenters. The number of nitro groups is 1. The third-order valence-electron chi connectivity index (χ3n) is 4.64. The number of fused-ring (bicyclic) bond motifs is 1. The Balaban J connectivity index is 2.05. The Bertz CT molecular complexity index is 953. The Morgan fingerprint density at radius 3 is 2.74 bits per heavy atom. The van der Waals surface area contributed by atoms with Crippen LogP contribution in [-0.2, 0) is 16.4 Å². The van der Waals surface area contributed by atoms with Gasteiger partial charge in [0.25, 0.3) is 5.69 Å². The maximum absolute atomic E-state index is 12.4. The maximum Gasteiger partial charge on any atom is 0.293 e. The molecule has 2 heterocycles. The SMILES string of the molecule is CCC1c2ccsc2CCN1c1ccc(S(=O)(=O)NC(C)C)cc1[N+](=O)[O-]. The summed E-state index contributed by atoms with van der Waals surface area (Å²) in [5, 5.41) is 13.8. The van der Waals surface area contributed by atoms with Crippen molar-refractivity contribution in [1.82, 2.24) is 4.72 Å². The maximum atomic E-state index is 12.4. The average Bonchev–Trinajstić information content (AvgIpc) is 3.07. The first-order valence-corrected chi connectivity index (χ1v) is 11.2. The van der Waals surface area contributed by atoms with Crippen molar-refractivity contribution in [3.63, 3.8) is 0 Å². The lowest BCUT2D eigenvalue weighted by Gasteiger charge is -2.37. The summed E-state index contributed by atoms with van der Waals surface area (Å²) >= 11 is 1.72. The first-order valence-electron chi connectivity index (χ1n) is 8.88. The molecule has 0 aliphatic carbocycles. The number of sulfonamides is 1. The van der Waals surface area contributed by atoms with Crippen LogP contribution in [0.1, 0.15) is 43.7 Å². The zero-order valence-electron chi connectivity index (χ0n) is 15.5. The van der Waals surface area contributed by atoms with Crippen molar-refractivity contribution in [3.05, 3.63) is 50.2 Å². The second kappa shape index (κ2) is 7.57. The number of nitrogens with zero attached hydrogens (tertiary/aromatic N) is 2. The molecule has 0 spiro atoms. The first-order chi connectivity index (χ1) is 12.7. The quantitative estimate of drug-likeness (QED) is 0.578. The Hall–Kier alpha value is -1.97. The van der Waals surface area contributed by atoms with E-state index in [-0.39, 0.29) is 22.7 Å². The Morgan fingerprint density at radius 2 is 2.11 bits per heavy atom. The van der Waals surface area contributed by atoms with Crippen molar-refractivity contribution in [2.45, 2.75) is 50.6 Å². The van der Waals surface area contributed by atoms with Gasteiger partial charge in [-0.05, 0) is 55.8 Å². The van der Waals surface area contributed by atoms with Crippen LogP contribution in [-0.4, -0.2) is 25.9 Å². The van der Waals surface area contributed by atoms with Crippen LogP contribution in [0.25, 0.3) is 0 Å². The largest absolute Gasteiger partial charge is 0.359 e. The van der Waals surface area contributed by atoms with Gasteiger partial charge in [-0.2, -0.15) is 0 Å². The van der Waals surface area contributed by atoms with E-state index >= 15 is 0 Å². The number of hydrogen-bond acceptors (Lipinski definition) is 6. The summed E-state index contributed by atoms with van der Waals surface area (Å²) in [6.07, 6.45) is 1.64. The van der Waals surface area contributed by atoms with Crippen molar-refractivity contribution < 1.29 is 13.3 Å². The predicted molar refractivity (Wildman–Crippen MR) is 107 cm³/mol. The fourth-order valence-corrected chi connectivity index (χ4v) is 5.76. The van der Waals surface area contributed by atoms with Crippen molar-refractivity contribution in [2.75, 3.05) is 11.4 Å². The van der Waals surface area contributed by atoms with Crippen LogP contribution in [0.3, 0.4) is 0 Å². The highest BCUT2D eigenvalue weighted by molar-refractivity contribution is 7.89. The van der Waals surface area contributed by atoms with Crippen molar-refractivity contribution in [3.8, 4) is 0 Å². The van der Waals surface area contributed by atoms with Crippen LogP contribution >= 0.6 is 11.3 Å². The topological polar surface area (TPSA) is 92.6 Å². The molecule has 1 unspecified atom stereocenters. The van der Waals surface area contributed by atoms with E-state index in [4.69, 9.17) is 0 Å². The number of nitrogens with one attached hydrogen (secondary N) is 1. The normalized spacial score (nSPS) is 17.2. The molecular weight excluding hydrogens is 386 g/mol. The fraction of sp³-hybridized carbons (Fsp3) is 0.444. The van der Waals surface area contributed by atoms with Crippen LogP contribution < -0.4 is 9.62 Å². The lowest BCUT2D eigenvalue weighted by molar-refractivity contribution is -0.384. The molecule has 0 bridgehead atoms. The molecule has 1 aromatic heterocycles. The second-order valence-electron chi connectivity index (χ2n) is 6.85. The van der Waals surface area contributed by atoms with Gasteiger partial charge in [0.15, 0.2) is 0 Å². The predicted octanol–water partition coefficient (Wildman–Crippen LogP) is 3.86. The van der Waals surface area contributed by atoms with Crippen molar-refractivity contribution >= 4 is 32.7 Å². The van der Waals surface area contributed by atoms with Crippen molar-refractivity contribution in [2.24, 2.45) is 0 Å². The van der Waals surface area contributed by atoms with E-state index in [0.29, 0.717) is 12.2 Å². The summed E-state index contributed by atoms with van der Waals surface area (Å²) in [6, 6.07) is 6.01. The van der Waals surface area contributed by atoms with Gasteiger partial charge in [-0.3, -0.25) is 10.1 Å². The van der Waals surface area contributed by atoms with Gasteiger partial charge in [0.1, 0.15) is 5.69 Å². The minimum absolute atomic E-state index is 0.0509. The van der Waals surface area contributed by atoms with E-state index in [1.54, 1.807) is 31.3 Å². The minimum Gasteiger partial charge on any atom is -0.359 e. The van der Waals surface area contributed by atoms with E-state index < -0.39 is 14.9 Å². The van der Waals surface area contributed by atoms with Crippen LogP contribution in [0.4, 0.5) is 11.4 Å². The number of benzene rings is 1. The van der Waals surface area contributed by atoms with E-state index in [2.05, 4.69) is 23.1 Å².